The maximum absolute atomic E-state index is 12.8. The van der Waals surface area contributed by atoms with Crippen molar-refractivity contribution in [2.24, 2.45) is 0 Å². The lowest BCUT2D eigenvalue weighted by molar-refractivity contribution is 0.240. The van der Waals surface area contributed by atoms with Gasteiger partial charge in [0.05, 0.1) is 17.3 Å². The molecular formula is C18H21FN2O4S. The van der Waals surface area contributed by atoms with Crippen molar-refractivity contribution >= 4 is 15.9 Å². The molecule has 6 nitrogen and oxygen atoms in total. The summed E-state index contributed by atoms with van der Waals surface area (Å²) in [7, 11) is -3.47. The molecule has 140 valence electrons. The molecule has 8 heteroatoms. The largest absolute Gasteiger partial charge is 0.395 e. The summed E-state index contributed by atoms with van der Waals surface area (Å²) in [5, 5.41) is 14.1. The Kier molecular flexibility index (Phi) is 7.11. The quantitative estimate of drug-likeness (QED) is 0.649. The van der Waals surface area contributed by atoms with E-state index in [9.17, 15) is 17.6 Å². The molecule has 0 unspecified atom stereocenters. The van der Waals surface area contributed by atoms with Crippen LogP contribution in [-0.2, 0) is 22.8 Å². The van der Waals surface area contributed by atoms with E-state index in [1.54, 1.807) is 24.3 Å². The number of halogens is 1. The zero-order valence-electron chi connectivity index (χ0n) is 14.1. The Balaban J connectivity index is 1.75. The van der Waals surface area contributed by atoms with E-state index in [0.717, 1.165) is 11.1 Å². The number of amides is 2. The molecule has 0 aromatic heterocycles. The number of hydrogen-bond acceptors (Lipinski definition) is 4. The van der Waals surface area contributed by atoms with Gasteiger partial charge in [0.15, 0.2) is 9.84 Å². The lowest BCUT2D eigenvalue weighted by atomic mass is 10.1. The summed E-state index contributed by atoms with van der Waals surface area (Å²) in [6.45, 7) is 0.238. The van der Waals surface area contributed by atoms with Gasteiger partial charge in [0.25, 0.3) is 0 Å². The van der Waals surface area contributed by atoms with E-state index in [-0.39, 0.29) is 29.0 Å². The number of rotatable bonds is 8. The van der Waals surface area contributed by atoms with Gasteiger partial charge in [0.2, 0.25) is 0 Å². The second-order valence-corrected chi connectivity index (χ2v) is 7.78. The Hall–Kier alpha value is -2.45. The number of carbonyl (C=O) groups is 1. The van der Waals surface area contributed by atoms with Crippen molar-refractivity contribution in [1.82, 2.24) is 10.6 Å². The topological polar surface area (TPSA) is 95.5 Å². The van der Waals surface area contributed by atoms with Crippen LogP contribution in [0.4, 0.5) is 9.18 Å². The van der Waals surface area contributed by atoms with E-state index in [4.69, 9.17) is 5.11 Å². The molecule has 0 atom stereocenters. The van der Waals surface area contributed by atoms with Gasteiger partial charge in [-0.1, -0.05) is 24.3 Å². The first-order chi connectivity index (χ1) is 12.4. The summed E-state index contributed by atoms with van der Waals surface area (Å²) >= 11 is 0. The van der Waals surface area contributed by atoms with Crippen molar-refractivity contribution in [3.63, 3.8) is 0 Å². The van der Waals surface area contributed by atoms with Gasteiger partial charge in [0.1, 0.15) is 5.82 Å². The summed E-state index contributed by atoms with van der Waals surface area (Å²) in [4.78, 5) is 11.9. The van der Waals surface area contributed by atoms with Crippen molar-refractivity contribution in [1.29, 1.82) is 0 Å². The molecular weight excluding hydrogens is 359 g/mol. The third kappa shape index (κ3) is 6.12. The number of hydrogen-bond donors (Lipinski definition) is 3. The molecule has 0 aliphatic carbocycles. The van der Waals surface area contributed by atoms with Gasteiger partial charge < -0.3 is 15.7 Å². The highest BCUT2D eigenvalue weighted by Gasteiger charge is 2.13. The predicted octanol–water partition coefficient (Wildman–Crippen LogP) is 1.63. The van der Waals surface area contributed by atoms with Crippen LogP contribution in [-0.4, -0.2) is 38.5 Å². The summed E-state index contributed by atoms with van der Waals surface area (Å²) in [6, 6.07) is 11.9. The number of benzene rings is 2. The van der Waals surface area contributed by atoms with Gasteiger partial charge in [-0.15, -0.1) is 0 Å². The zero-order chi connectivity index (χ0) is 19.0. The molecule has 0 saturated heterocycles. The minimum atomic E-state index is -3.47. The first-order valence-electron chi connectivity index (χ1n) is 8.09. The number of aliphatic hydroxyl groups is 1. The van der Waals surface area contributed by atoms with Crippen molar-refractivity contribution in [2.75, 3.05) is 18.9 Å². The number of sulfone groups is 1. The van der Waals surface area contributed by atoms with E-state index < -0.39 is 16.4 Å². The molecule has 0 radical (unpaired) electrons. The van der Waals surface area contributed by atoms with Crippen molar-refractivity contribution in [2.45, 2.75) is 17.9 Å². The lowest BCUT2D eigenvalue weighted by Gasteiger charge is -2.09. The highest BCUT2D eigenvalue weighted by atomic mass is 32.2. The van der Waals surface area contributed by atoms with E-state index in [0.29, 0.717) is 13.0 Å². The molecule has 26 heavy (non-hydrogen) atoms. The van der Waals surface area contributed by atoms with Crippen molar-refractivity contribution in [3.05, 3.63) is 65.5 Å². The average Bonchev–Trinajstić information content (AvgIpc) is 2.62. The highest BCUT2D eigenvalue weighted by Crippen LogP contribution is 2.12. The third-order valence-corrected chi connectivity index (χ3v) is 5.42. The highest BCUT2D eigenvalue weighted by molar-refractivity contribution is 7.91. The Morgan fingerprint density at radius 3 is 2.19 bits per heavy atom. The maximum atomic E-state index is 12.8. The van der Waals surface area contributed by atoms with Crippen LogP contribution in [0.2, 0.25) is 0 Å². The standard InChI is InChI=1S/C18H21FN2O4S/c19-16-5-1-14(2-6-16)9-10-20-18(23)21-13-15-3-7-17(8-4-15)26(24,25)12-11-22/h1-8,22H,9-13H2,(H2,20,21,23). The van der Waals surface area contributed by atoms with E-state index in [2.05, 4.69) is 10.6 Å². The molecule has 2 aromatic carbocycles. The minimum Gasteiger partial charge on any atom is -0.395 e. The van der Waals surface area contributed by atoms with Crippen LogP contribution in [0, 0.1) is 5.82 Å². The summed E-state index contributed by atoms with van der Waals surface area (Å²) in [5.74, 6) is -0.615. The SMILES string of the molecule is O=C(NCCc1ccc(F)cc1)NCc1ccc(S(=O)(=O)CCO)cc1. The van der Waals surface area contributed by atoms with Crippen LogP contribution >= 0.6 is 0 Å². The molecule has 0 aliphatic rings. The number of carbonyl (C=O) groups excluding carboxylic acids is 1. The fourth-order valence-corrected chi connectivity index (χ4v) is 3.30. The van der Waals surface area contributed by atoms with Gasteiger partial charge >= 0.3 is 6.03 Å². The summed E-state index contributed by atoms with van der Waals surface area (Å²) < 4.78 is 36.4. The molecule has 3 N–H and O–H groups in total. The van der Waals surface area contributed by atoms with Crippen LogP contribution in [0.5, 0.6) is 0 Å². The Bertz CT molecular complexity index is 821. The normalized spacial score (nSPS) is 11.2. The van der Waals surface area contributed by atoms with Crippen molar-refractivity contribution < 1.29 is 22.7 Å². The monoisotopic (exact) mass is 380 g/mol. The fraction of sp³-hybridized carbons (Fsp3) is 0.278. The molecule has 0 fully saturated rings. The van der Waals surface area contributed by atoms with Gasteiger partial charge in [0, 0.05) is 13.1 Å². The second-order valence-electron chi connectivity index (χ2n) is 5.67. The van der Waals surface area contributed by atoms with E-state index in [1.165, 1.54) is 24.3 Å². The first kappa shape index (κ1) is 19.9. The first-order valence-corrected chi connectivity index (χ1v) is 9.74. The van der Waals surface area contributed by atoms with Gasteiger partial charge in [-0.2, -0.15) is 0 Å². The molecule has 0 heterocycles. The Morgan fingerprint density at radius 1 is 0.962 bits per heavy atom. The summed E-state index contributed by atoms with van der Waals surface area (Å²) in [5.41, 5.74) is 1.67. The van der Waals surface area contributed by atoms with Gasteiger partial charge in [-0.05, 0) is 41.8 Å². The van der Waals surface area contributed by atoms with Gasteiger partial charge in [-0.3, -0.25) is 0 Å². The molecule has 2 rings (SSSR count). The molecule has 0 aliphatic heterocycles. The number of urea groups is 1. The minimum absolute atomic E-state index is 0.138. The number of aliphatic hydroxyl groups excluding tert-OH is 1. The Labute approximate surface area is 152 Å². The lowest BCUT2D eigenvalue weighted by Crippen LogP contribution is -2.36. The average molecular weight is 380 g/mol. The second kappa shape index (κ2) is 9.30. The van der Waals surface area contributed by atoms with Crippen molar-refractivity contribution in [3.8, 4) is 0 Å². The molecule has 2 aromatic rings. The molecule has 0 bridgehead atoms. The van der Waals surface area contributed by atoms with Gasteiger partial charge in [-0.25, -0.2) is 17.6 Å². The third-order valence-electron chi connectivity index (χ3n) is 3.71. The molecule has 0 spiro atoms. The van der Waals surface area contributed by atoms with Crippen LogP contribution in [0.1, 0.15) is 11.1 Å². The summed E-state index contributed by atoms with van der Waals surface area (Å²) in [6.07, 6.45) is 0.588. The smallest absolute Gasteiger partial charge is 0.315 e. The van der Waals surface area contributed by atoms with Crippen LogP contribution < -0.4 is 10.6 Å². The van der Waals surface area contributed by atoms with Crippen LogP contribution in [0.3, 0.4) is 0 Å². The zero-order valence-corrected chi connectivity index (χ0v) is 14.9. The Morgan fingerprint density at radius 2 is 1.58 bits per heavy atom. The van der Waals surface area contributed by atoms with Crippen LogP contribution in [0.25, 0.3) is 0 Å². The predicted molar refractivity (Wildman–Crippen MR) is 95.9 cm³/mol. The van der Waals surface area contributed by atoms with E-state index >= 15 is 0 Å². The molecule has 0 saturated carbocycles. The fourth-order valence-electron chi connectivity index (χ4n) is 2.27. The molecule has 2 amide bonds. The maximum Gasteiger partial charge on any atom is 0.315 e. The van der Waals surface area contributed by atoms with E-state index in [1.807, 2.05) is 0 Å². The van der Waals surface area contributed by atoms with Crippen LogP contribution in [0.15, 0.2) is 53.4 Å². The number of nitrogens with one attached hydrogen (secondary N) is 2.